The fourth-order valence-corrected chi connectivity index (χ4v) is 18.3. The molecule has 23 amide bonds. The maximum absolute atomic E-state index is 12.8. The van der Waals surface area contributed by atoms with Crippen molar-refractivity contribution < 1.29 is 110 Å². The Kier molecular flexibility index (Phi) is 26.5. The highest BCUT2D eigenvalue weighted by Gasteiger charge is 2.59. The Morgan fingerprint density at radius 1 is 0.451 bits per heavy atom. The lowest BCUT2D eigenvalue weighted by Gasteiger charge is -2.41. The van der Waals surface area contributed by atoms with E-state index in [0.29, 0.717) is 75.0 Å². The lowest BCUT2D eigenvalue weighted by Crippen LogP contribution is -2.64. The maximum Gasteiger partial charge on any atom is 0.264 e. The minimum Gasteiger partial charge on any atom is -0.398 e. The monoisotopic (exact) mass is 1820 g/mol. The van der Waals surface area contributed by atoms with Crippen LogP contribution in [0.15, 0.2) is 134 Å². The number of likely N-dealkylation sites (tertiary alicyclic amines) is 1. The van der Waals surface area contributed by atoms with Gasteiger partial charge in [-0.25, -0.2) is 0 Å². The molecule has 12 aliphatic heterocycles. The van der Waals surface area contributed by atoms with Gasteiger partial charge in [0.2, 0.25) is 53.2 Å². The standard InChI is InChI=1S/C16H15N3O4.C16H17N3O4.C16H15N3O4.C16H19N3O3.2C14H13N3O4/c1-8-6-7-12(14(21)17-8)19-15(22)10-4-3-5-11(18-9(2)20)13(10)16(19)23;2*1-2-7-16(8-6-11(20)18-15(16)23)19-13(21)9-4-3-5-10(17)12(9)14(19)22;1-2-8-18-14(20)7-6-13(16(18)22)19-9-11-10(15(19)21)4-3-5-12(11)17;1-6-5-9(18)16-12(19)11(6)17-13(20)7-3-2-4-8(15)10(7)14(17)21;1-6-5-9(12(19)16-11(6)18)17-13(20)7-3-2-4-8(15)10(7)14(17)21/h3-5,12H,1,6-7H2,2H3,(H,17,21)(H,18,20);3-5H,2,6-8,17H2,1H3,(H,18,20,23);2-5H,1,6-8,17H2,(H,18,20,23);3-5,13H,2,6-9,17H2,1H3;2-4,6,11H,5,15H2,1H3,(H,16,18,19);2-4,6,9H,5,15H2,1H3,(H,16,18,19). The van der Waals surface area contributed by atoms with E-state index in [-0.39, 0.29) is 153 Å². The number of nitrogen functional groups attached to an aromatic ring is 5. The number of benzene rings is 6. The first-order valence-corrected chi connectivity index (χ1v) is 42.5. The van der Waals surface area contributed by atoms with E-state index in [0.717, 1.165) is 30.1 Å². The Morgan fingerprint density at radius 2 is 0.895 bits per heavy atom. The second kappa shape index (κ2) is 37.4. The summed E-state index contributed by atoms with van der Waals surface area (Å²) in [5.74, 6) is -12.0. The van der Waals surface area contributed by atoms with E-state index in [1.54, 1.807) is 79.4 Å². The van der Waals surface area contributed by atoms with Crippen LogP contribution in [0.3, 0.4) is 0 Å². The van der Waals surface area contributed by atoms with Crippen LogP contribution in [0.25, 0.3) is 0 Å². The Labute approximate surface area is 757 Å². The van der Waals surface area contributed by atoms with E-state index >= 15 is 0 Å². The maximum atomic E-state index is 12.8. The minimum absolute atomic E-state index is 0.0441. The second-order valence-corrected chi connectivity index (χ2v) is 33.3. The molecule has 18 rings (SSSR count). The average molecular weight is 1820 g/mol. The summed E-state index contributed by atoms with van der Waals surface area (Å²) in [4.78, 5) is 289. The predicted molar refractivity (Wildman–Crippen MR) is 469 cm³/mol. The Bertz CT molecular complexity index is 6240. The van der Waals surface area contributed by atoms with Crippen LogP contribution in [0, 0.1) is 11.8 Å². The molecular formula is C92H92N18O23. The summed E-state index contributed by atoms with van der Waals surface area (Å²) in [6, 6.07) is 25.0. The van der Waals surface area contributed by atoms with Crippen LogP contribution in [-0.4, -0.2) is 212 Å². The molecule has 16 N–H and O–H groups in total. The van der Waals surface area contributed by atoms with Gasteiger partial charge in [-0.1, -0.05) is 83.2 Å². The molecule has 8 unspecified atom stereocenters. The number of hydrogen-bond donors (Lipinski definition) is 11. The number of piperidine rings is 6. The van der Waals surface area contributed by atoms with Gasteiger partial charge in [-0.3, -0.25) is 161 Å². The molecule has 41 heteroatoms. The number of hydrogen-bond acceptors (Lipinski definition) is 28. The highest BCUT2D eigenvalue weighted by molar-refractivity contribution is 6.30. The topological polar surface area (TPSA) is 618 Å². The summed E-state index contributed by atoms with van der Waals surface area (Å²) in [6.45, 7) is 16.4. The van der Waals surface area contributed by atoms with E-state index < -0.39 is 159 Å². The van der Waals surface area contributed by atoms with Crippen molar-refractivity contribution in [2.24, 2.45) is 11.8 Å². The summed E-state index contributed by atoms with van der Waals surface area (Å²) in [6.07, 6.45) is 5.20. The smallest absolute Gasteiger partial charge is 0.264 e. The zero-order valence-electron chi connectivity index (χ0n) is 72.6. The van der Waals surface area contributed by atoms with Crippen LogP contribution in [0.2, 0.25) is 0 Å². The first-order valence-electron chi connectivity index (χ1n) is 42.5. The molecule has 12 heterocycles. The van der Waals surface area contributed by atoms with Crippen molar-refractivity contribution in [1.29, 1.82) is 0 Å². The molecule has 12 aliphatic rings. The molecule has 6 aromatic rings. The molecule has 0 radical (unpaired) electrons. The molecule has 688 valence electrons. The summed E-state index contributed by atoms with van der Waals surface area (Å²) in [7, 11) is 0. The van der Waals surface area contributed by atoms with Gasteiger partial charge >= 0.3 is 0 Å². The number of amides is 23. The number of nitrogens with one attached hydrogen (secondary N) is 6. The van der Waals surface area contributed by atoms with Crippen LogP contribution in [0.4, 0.5) is 34.1 Å². The summed E-state index contributed by atoms with van der Waals surface area (Å²) < 4.78 is 0. The van der Waals surface area contributed by atoms with Crippen molar-refractivity contribution in [3.63, 3.8) is 0 Å². The highest BCUT2D eigenvalue weighted by atomic mass is 16.2. The van der Waals surface area contributed by atoms with Crippen LogP contribution in [0.5, 0.6) is 0 Å². The normalized spacial score (nSPS) is 23.3. The highest BCUT2D eigenvalue weighted by Crippen LogP contribution is 2.43. The largest absolute Gasteiger partial charge is 0.398 e. The van der Waals surface area contributed by atoms with Gasteiger partial charge in [0.05, 0.1) is 61.3 Å². The van der Waals surface area contributed by atoms with Gasteiger partial charge in [0.15, 0.2) is 0 Å². The second-order valence-electron chi connectivity index (χ2n) is 33.3. The van der Waals surface area contributed by atoms with E-state index in [1.165, 1.54) is 66.4 Å². The zero-order chi connectivity index (χ0) is 96.7. The molecular weight excluding hydrogens is 1730 g/mol. The summed E-state index contributed by atoms with van der Waals surface area (Å²) >= 11 is 0. The fourth-order valence-electron chi connectivity index (χ4n) is 18.3. The minimum atomic E-state index is -1.45. The number of allylic oxidation sites excluding steroid dienone is 1. The third-order valence-electron chi connectivity index (χ3n) is 24.7. The first-order chi connectivity index (χ1) is 63.1. The van der Waals surface area contributed by atoms with Crippen LogP contribution >= 0.6 is 0 Å². The summed E-state index contributed by atoms with van der Waals surface area (Å²) in [5.41, 5.74) is 31.4. The van der Waals surface area contributed by atoms with Crippen molar-refractivity contribution in [2.45, 2.75) is 166 Å². The molecule has 0 aromatic heterocycles. The van der Waals surface area contributed by atoms with Gasteiger partial charge in [0.25, 0.3) is 82.7 Å². The lowest BCUT2D eigenvalue weighted by atomic mass is 9.82. The third kappa shape index (κ3) is 17.0. The molecule has 133 heavy (non-hydrogen) atoms. The molecule has 0 aliphatic carbocycles. The number of imide groups is 10. The molecule has 0 saturated carbocycles. The van der Waals surface area contributed by atoms with E-state index in [9.17, 15) is 110 Å². The quantitative estimate of drug-likeness (QED) is 0.0448. The van der Waals surface area contributed by atoms with Crippen LogP contribution < -0.4 is 60.6 Å². The molecule has 6 fully saturated rings. The van der Waals surface area contributed by atoms with Crippen LogP contribution in [0.1, 0.15) is 244 Å². The SMILES string of the molecule is C=C1CCC(N2C(=O)c3cccc(NC(C)=O)c3C2=O)C(=O)N1.C=CCC1(N2C(=O)c3cccc(N)c3C2=O)CCC(=O)NC1=O.CC1CC(=O)NC(=O)C1N1C(=O)c2cccc(N)c2C1=O.CC1CC(N2C(=O)c3cccc(N)c3C2=O)C(=O)NC1=O.CCCC1(N2C(=O)c3cccc(N)c3C2=O)CCC(=O)NC1=O.CCCN1C(=O)CCC(N2Cc3c(N)cccc3C2=O)C1=O. The number of nitrogens with two attached hydrogens (primary N) is 5. The number of fused-ring (bicyclic) bond motifs is 6. The van der Waals surface area contributed by atoms with Gasteiger partial charge < -0.3 is 44.2 Å². The van der Waals surface area contributed by atoms with Gasteiger partial charge in [-0.15, -0.1) is 6.58 Å². The third-order valence-corrected chi connectivity index (χ3v) is 24.7. The Hall–Kier alpha value is -16.4. The Balaban J connectivity index is 0.000000136. The van der Waals surface area contributed by atoms with Gasteiger partial charge in [-0.2, -0.15) is 0 Å². The molecule has 0 spiro atoms. The van der Waals surface area contributed by atoms with Crippen molar-refractivity contribution in [3.05, 3.63) is 201 Å². The summed E-state index contributed by atoms with van der Waals surface area (Å²) in [5, 5.41) is 13.9. The predicted octanol–water partition coefficient (Wildman–Crippen LogP) is 3.47. The number of rotatable bonds is 13. The van der Waals surface area contributed by atoms with Gasteiger partial charge in [0.1, 0.15) is 35.2 Å². The Morgan fingerprint density at radius 3 is 1.37 bits per heavy atom. The lowest BCUT2D eigenvalue weighted by molar-refractivity contribution is -0.152. The zero-order valence-corrected chi connectivity index (χ0v) is 72.6. The van der Waals surface area contributed by atoms with E-state index in [4.69, 9.17) is 28.7 Å². The fraction of sp³-hybridized carbons (Fsp3) is 0.315. The van der Waals surface area contributed by atoms with E-state index in [1.807, 2.05) is 13.8 Å². The number of carbonyl (C=O) groups is 23. The van der Waals surface area contributed by atoms with Crippen molar-refractivity contribution in [3.8, 4) is 0 Å². The number of carbonyl (C=O) groups excluding carboxylic acids is 23. The van der Waals surface area contributed by atoms with Crippen LogP contribution in [-0.2, 0) is 64.1 Å². The first kappa shape index (κ1) is 94.2. The molecule has 6 saturated heterocycles. The number of nitrogens with zero attached hydrogens (tertiary/aromatic N) is 7. The van der Waals surface area contributed by atoms with Gasteiger partial charge in [0, 0.05) is 96.9 Å². The number of anilines is 6. The van der Waals surface area contributed by atoms with Crippen molar-refractivity contribution in [1.82, 2.24) is 60.9 Å². The average Bonchev–Trinajstić information content (AvgIpc) is 1.58. The van der Waals surface area contributed by atoms with Gasteiger partial charge in [-0.05, 0) is 137 Å². The van der Waals surface area contributed by atoms with E-state index in [2.05, 4.69) is 45.1 Å². The molecule has 0 bridgehead atoms. The van der Waals surface area contributed by atoms with Crippen molar-refractivity contribution in [2.75, 3.05) is 40.5 Å². The molecule has 8 atom stereocenters. The molecule has 41 nitrogen and oxygen atoms in total. The van der Waals surface area contributed by atoms with Crippen molar-refractivity contribution >= 4 is 170 Å². The molecule has 6 aromatic carbocycles.